The fraction of sp³-hybridized carbons (Fsp3) is 0.125. The monoisotopic (exact) mass is 400 g/mol. The van der Waals surface area contributed by atoms with Gasteiger partial charge in [-0.1, -0.05) is 47.5 Å². The van der Waals surface area contributed by atoms with Crippen molar-refractivity contribution < 1.29 is 28.9 Å². The number of benzene rings is 2. The summed E-state index contributed by atoms with van der Waals surface area (Å²) in [6.45, 7) is 0.171. The van der Waals surface area contributed by atoms with Gasteiger partial charge in [-0.15, -0.1) is 0 Å². The van der Waals surface area contributed by atoms with E-state index in [2.05, 4.69) is 9.68 Å². The first-order chi connectivity index (χ1) is 12.5. The Hall–Kier alpha value is -2.20. The first kappa shape index (κ1) is 20.1. The molecule has 26 heavy (non-hydrogen) atoms. The molecule has 0 aromatic heterocycles. The summed E-state index contributed by atoms with van der Waals surface area (Å²) >= 11 is 11.5. The van der Waals surface area contributed by atoms with Gasteiger partial charge in [-0.25, -0.2) is 9.59 Å². The van der Waals surface area contributed by atoms with Gasteiger partial charge in [0.15, 0.2) is 0 Å². The fourth-order valence-electron chi connectivity index (χ4n) is 1.60. The first-order valence-electron chi connectivity index (χ1n) is 7.19. The highest BCUT2D eigenvalue weighted by atomic mass is 35.5. The van der Waals surface area contributed by atoms with Crippen molar-refractivity contribution in [3.8, 4) is 0 Å². The normalized spacial score (nSPS) is 10.4. The Balaban J connectivity index is 1.56. The molecule has 0 saturated carbocycles. The number of halogens is 2. The van der Waals surface area contributed by atoms with Crippen LogP contribution in [0, 0.1) is 0 Å². The molecule has 0 aliphatic heterocycles. The van der Waals surface area contributed by atoms with Gasteiger partial charge in [-0.3, -0.25) is 9.68 Å². The highest BCUT2D eigenvalue weighted by Crippen LogP contribution is 2.10. The van der Waals surface area contributed by atoms with Crippen LogP contribution in [-0.2, 0) is 42.2 Å². The van der Waals surface area contributed by atoms with Crippen LogP contribution in [0.2, 0.25) is 10.0 Å². The average Bonchev–Trinajstić information content (AvgIpc) is 2.65. The number of hydrogen-bond donors (Lipinski definition) is 2. The lowest BCUT2D eigenvalue weighted by Crippen LogP contribution is -2.31. The quantitative estimate of drug-likeness (QED) is 0.396. The summed E-state index contributed by atoms with van der Waals surface area (Å²) in [7, 11) is 0. The molecular weight excluding hydrogens is 387 g/mol. The lowest BCUT2D eigenvalue weighted by atomic mass is 10.2. The van der Waals surface area contributed by atoms with Crippen LogP contribution in [0.4, 0.5) is 0 Å². The molecular formula is C16H14Cl2N2O6. The van der Waals surface area contributed by atoms with Crippen molar-refractivity contribution in [2.75, 3.05) is 0 Å². The van der Waals surface area contributed by atoms with E-state index in [-0.39, 0.29) is 13.2 Å². The third-order valence-electron chi connectivity index (χ3n) is 2.86. The number of rotatable bonds is 8. The van der Waals surface area contributed by atoms with Crippen LogP contribution >= 0.6 is 23.2 Å². The topological polar surface area (TPSA) is 95.1 Å². The molecule has 0 fully saturated rings. The molecule has 2 aromatic carbocycles. The largest absolute Gasteiger partial charge is 0.439 e. The van der Waals surface area contributed by atoms with Crippen LogP contribution in [-0.4, -0.2) is 11.9 Å². The molecule has 0 radical (unpaired) electrons. The van der Waals surface area contributed by atoms with E-state index in [1.54, 1.807) is 48.5 Å². The van der Waals surface area contributed by atoms with E-state index in [1.165, 1.54) is 0 Å². The van der Waals surface area contributed by atoms with Crippen LogP contribution < -0.4 is 11.3 Å². The van der Waals surface area contributed by atoms with Gasteiger partial charge in [0, 0.05) is 10.0 Å². The Morgan fingerprint density at radius 1 is 0.692 bits per heavy atom. The number of carbonyl (C=O) groups excluding carboxylic acids is 2. The maximum atomic E-state index is 11.3. The summed E-state index contributed by atoms with van der Waals surface area (Å²) < 4.78 is 0. The second kappa shape index (κ2) is 10.7. The molecule has 0 bridgehead atoms. The van der Waals surface area contributed by atoms with Gasteiger partial charge in [0.2, 0.25) is 0 Å². The van der Waals surface area contributed by atoms with Gasteiger partial charge >= 0.3 is 11.9 Å². The zero-order valence-corrected chi connectivity index (χ0v) is 14.8. The summed E-state index contributed by atoms with van der Waals surface area (Å²) in [5.41, 5.74) is 5.32. The van der Waals surface area contributed by atoms with Crippen molar-refractivity contribution in [1.29, 1.82) is 0 Å². The number of nitrogens with one attached hydrogen (secondary N) is 2. The molecule has 0 spiro atoms. The van der Waals surface area contributed by atoms with E-state index in [9.17, 15) is 9.59 Å². The van der Waals surface area contributed by atoms with Gasteiger partial charge < -0.3 is 9.68 Å². The smallest absolute Gasteiger partial charge is 0.335 e. The van der Waals surface area contributed by atoms with E-state index < -0.39 is 11.9 Å². The standard InChI is InChI=1S/C16H14Cl2N2O6/c17-13-5-1-11(2-6-13)9-23-19-25-15(21)16(22)26-20-24-10-12-3-7-14(18)8-4-12/h1-8,19-20H,9-10H2. The average molecular weight is 401 g/mol. The minimum atomic E-state index is -1.33. The molecule has 0 heterocycles. The van der Waals surface area contributed by atoms with Crippen molar-refractivity contribution in [1.82, 2.24) is 11.3 Å². The Morgan fingerprint density at radius 3 is 1.38 bits per heavy atom. The molecule has 0 unspecified atom stereocenters. The summed E-state index contributed by atoms with van der Waals surface area (Å²) in [6.07, 6.45) is 0. The van der Waals surface area contributed by atoms with E-state index in [0.29, 0.717) is 10.0 Å². The molecule has 0 atom stereocenters. The molecule has 10 heteroatoms. The second-order valence-corrected chi connectivity index (χ2v) is 5.65. The minimum Gasteiger partial charge on any atom is -0.335 e. The van der Waals surface area contributed by atoms with Crippen molar-refractivity contribution in [2.45, 2.75) is 13.2 Å². The number of carbonyl (C=O) groups is 2. The highest BCUT2D eigenvalue weighted by molar-refractivity contribution is 6.30. The lowest BCUT2D eigenvalue weighted by molar-refractivity contribution is -0.219. The zero-order valence-electron chi connectivity index (χ0n) is 13.2. The summed E-state index contributed by atoms with van der Waals surface area (Å²) in [5.74, 6) is -2.66. The predicted molar refractivity (Wildman–Crippen MR) is 90.9 cm³/mol. The number of hydrogen-bond acceptors (Lipinski definition) is 8. The molecule has 2 rings (SSSR count). The highest BCUT2D eigenvalue weighted by Gasteiger charge is 2.18. The fourth-order valence-corrected chi connectivity index (χ4v) is 1.86. The van der Waals surface area contributed by atoms with Crippen LogP contribution in [0.25, 0.3) is 0 Å². The van der Waals surface area contributed by atoms with Gasteiger partial charge in [-0.2, -0.15) is 0 Å². The first-order valence-corrected chi connectivity index (χ1v) is 7.94. The molecule has 0 saturated heterocycles. The molecule has 138 valence electrons. The maximum absolute atomic E-state index is 11.3. The summed E-state index contributed by atoms with van der Waals surface area (Å²) in [6, 6.07) is 13.6. The van der Waals surface area contributed by atoms with Gasteiger partial charge in [0.05, 0.1) is 13.2 Å². The molecule has 8 nitrogen and oxygen atoms in total. The Bertz CT molecular complexity index is 661. The molecule has 0 aliphatic carbocycles. The molecule has 2 N–H and O–H groups in total. The third kappa shape index (κ3) is 7.36. The Labute approximate surface area is 158 Å². The lowest BCUT2D eigenvalue weighted by Gasteiger charge is -2.07. The van der Waals surface area contributed by atoms with E-state index in [4.69, 9.17) is 32.9 Å². The van der Waals surface area contributed by atoms with Crippen molar-refractivity contribution in [3.63, 3.8) is 0 Å². The van der Waals surface area contributed by atoms with Crippen LogP contribution in [0.15, 0.2) is 48.5 Å². The van der Waals surface area contributed by atoms with Gasteiger partial charge in [0.1, 0.15) is 0 Å². The SMILES string of the molecule is O=C(ONOCc1ccc(Cl)cc1)C(=O)ONOCc1ccc(Cl)cc1. The second-order valence-electron chi connectivity index (χ2n) is 4.78. The maximum Gasteiger partial charge on any atom is 0.439 e. The zero-order chi connectivity index (χ0) is 18.8. The van der Waals surface area contributed by atoms with Crippen molar-refractivity contribution >= 4 is 35.1 Å². The minimum absolute atomic E-state index is 0.0853. The van der Waals surface area contributed by atoms with Crippen molar-refractivity contribution in [3.05, 3.63) is 69.7 Å². The molecule has 0 aliphatic rings. The van der Waals surface area contributed by atoms with Crippen LogP contribution in [0.5, 0.6) is 0 Å². The molecule has 2 aromatic rings. The van der Waals surface area contributed by atoms with Crippen LogP contribution in [0.1, 0.15) is 11.1 Å². The third-order valence-corrected chi connectivity index (χ3v) is 3.36. The van der Waals surface area contributed by atoms with Gasteiger partial charge in [0.25, 0.3) is 0 Å². The van der Waals surface area contributed by atoms with E-state index >= 15 is 0 Å². The van der Waals surface area contributed by atoms with Crippen molar-refractivity contribution in [2.24, 2.45) is 0 Å². The molecule has 0 amide bonds. The van der Waals surface area contributed by atoms with E-state index in [1.807, 2.05) is 11.3 Å². The summed E-state index contributed by atoms with van der Waals surface area (Å²) in [5, 5.41) is 1.17. The van der Waals surface area contributed by atoms with E-state index in [0.717, 1.165) is 11.1 Å². The van der Waals surface area contributed by atoms with Crippen LogP contribution in [0.3, 0.4) is 0 Å². The van der Waals surface area contributed by atoms with Gasteiger partial charge in [-0.05, 0) is 46.7 Å². The Morgan fingerprint density at radius 2 is 1.04 bits per heavy atom. The predicted octanol–water partition coefficient (Wildman–Crippen LogP) is 2.65. The summed E-state index contributed by atoms with van der Waals surface area (Å²) in [4.78, 5) is 41.1. The Kier molecular flexibility index (Phi) is 8.29.